The number of fused-ring (bicyclic) bond motifs is 3. The van der Waals surface area contributed by atoms with Crippen LogP contribution in [0.5, 0.6) is 0 Å². The molecule has 3 saturated carbocycles. The van der Waals surface area contributed by atoms with Crippen LogP contribution >= 0.6 is 11.6 Å². The quantitative estimate of drug-likeness (QED) is 0.667. The van der Waals surface area contributed by atoms with Crippen molar-refractivity contribution in [3.05, 3.63) is 40.5 Å². The summed E-state index contributed by atoms with van der Waals surface area (Å²) in [5.41, 5.74) is 2.01. The van der Waals surface area contributed by atoms with Crippen molar-refractivity contribution in [2.45, 2.75) is 78.5 Å². The number of piperidine rings is 1. The van der Waals surface area contributed by atoms with Crippen molar-refractivity contribution >= 4 is 34.2 Å². The van der Waals surface area contributed by atoms with E-state index in [0.29, 0.717) is 23.7 Å². The minimum Gasteiger partial charge on any atom is -0.394 e. The number of rotatable bonds is 5. The lowest BCUT2D eigenvalue weighted by Gasteiger charge is -2.42. The van der Waals surface area contributed by atoms with E-state index in [4.69, 9.17) is 21.6 Å². The summed E-state index contributed by atoms with van der Waals surface area (Å²) < 4.78 is 13.3. The number of anilines is 2. The summed E-state index contributed by atoms with van der Waals surface area (Å²) in [6, 6.07) is 8.76. The minimum atomic E-state index is -1.07. The lowest BCUT2D eigenvalue weighted by atomic mass is 9.77. The number of aromatic nitrogens is 2. The lowest BCUT2D eigenvalue weighted by Crippen LogP contribution is -2.49. The second-order valence-electron chi connectivity index (χ2n) is 10.9. The molecule has 1 spiro atoms. The van der Waals surface area contributed by atoms with Gasteiger partial charge in [-0.1, -0.05) is 23.7 Å². The second kappa shape index (κ2) is 7.15. The highest BCUT2D eigenvalue weighted by Crippen LogP contribution is 2.55. The molecule has 0 radical (unpaired) electrons. The van der Waals surface area contributed by atoms with Gasteiger partial charge >= 0.3 is 0 Å². The fraction of sp³-hybridized carbons (Fsp3) is 0.600. The summed E-state index contributed by atoms with van der Waals surface area (Å²) in [5.74, 6) is 2.64. The van der Waals surface area contributed by atoms with Crippen LogP contribution in [-0.2, 0) is 17.2 Å². The second-order valence-corrected chi connectivity index (χ2v) is 13.1. The molecule has 2 N–H and O–H groups in total. The van der Waals surface area contributed by atoms with Gasteiger partial charge in [0.2, 0.25) is 5.95 Å². The molecular formula is C25H29ClN4O2S. The van der Waals surface area contributed by atoms with Crippen LogP contribution in [0.15, 0.2) is 29.2 Å². The summed E-state index contributed by atoms with van der Waals surface area (Å²) in [6.45, 7) is 1.03. The van der Waals surface area contributed by atoms with Gasteiger partial charge in [0.15, 0.2) is 0 Å². The van der Waals surface area contributed by atoms with Crippen LogP contribution in [0.25, 0.3) is 0 Å². The molecule has 4 unspecified atom stereocenters. The van der Waals surface area contributed by atoms with Crippen molar-refractivity contribution in [3.8, 4) is 0 Å². The molecule has 1 aromatic carbocycles. The van der Waals surface area contributed by atoms with E-state index < -0.39 is 10.8 Å². The third-order valence-electron chi connectivity index (χ3n) is 8.89. The van der Waals surface area contributed by atoms with E-state index >= 15 is 0 Å². The molecule has 7 rings (SSSR count). The molecule has 2 bridgehead atoms. The number of nitrogens with one attached hydrogen (secondary N) is 1. The molecule has 3 heterocycles. The smallest absolute Gasteiger partial charge is 0.227 e. The van der Waals surface area contributed by atoms with Gasteiger partial charge in [-0.2, -0.15) is 4.98 Å². The normalized spacial score (nSPS) is 32.1. The topological polar surface area (TPSA) is 78.4 Å². The maximum absolute atomic E-state index is 13.4. The lowest BCUT2D eigenvalue weighted by molar-refractivity contribution is 0.143. The molecule has 4 fully saturated rings. The van der Waals surface area contributed by atoms with Gasteiger partial charge in [0.25, 0.3) is 0 Å². The molecule has 1 saturated heterocycles. The first-order chi connectivity index (χ1) is 16.0. The number of benzene rings is 1. The maximum Gasteiger partial charge on any atom is 0.227 e. The van der Waals surface area contributed by atoms with Crippen molar-refractivity contribution < 1.29 is 9.32 Å². The summed E-state index contributed by atoms with van der Waals surface area (Å²) >= 11 is 6.10. The van der Waals surface area contributed by atoms with Gasteiger partial charge in [-0.25, -0.2) is 4.98 Å². The Morgan fingerprint density at radius 3 is 2.55 bits per heavy atom. The molecule has 5 aliphatic rings. The monoisotopic (exact) mass is 484 g/mol. The van der Waals surface area contributed by atoms with E-state index in [-0.39, 0.29) is 16.9 Å². The van der Waals surface area contributed by atoms with E-state index in [0.717, 1.165) is 79.5 Å². The number of nitrogens with zero attached hydrogens (tertiary/aromatic N) is 3. The van der Waals surface area contributed by atoms with Crippen LogP contribution in [0.3, 0.4) is 0 Å². The summed E-state index contributed by atoms with van der Waals surface area (Å²) in [6.07, 6.45) is 8.02. The van der Waals surface area contributed by atoms with E-state index in [9.17, 15) is 9.32 Å². The van der Waals surface area contributed by atoms with Crippen LogP contribution in [0.1, 0.15) is 62.1 Å². The van der Waals surface area contributed by atoms with Crippen molar-refractivity contribution in [2.24, 2.45) is 5.92 Å². The van der Waals surface area contributed by atoms with Crippen LogP contribution < -0.4 is 10.2 Å². The average Bonchev–Trinajstić information content (AvgIpc) is 3.15. The molecule has 4 atom stereocenters. The van der Waals surface area contributed by atoms with Gasteiger partial charge < -0.3 is 15.3 Å². The largest absolute Gasteiger partial charge is 0.394 e. The zero-order valence-corrected chi connectivity index (χ0v) is 20.2. The van der Waals surface area contributed by atoms with E-state index in [1.54, 1.807) is 0 Å². The molecule has 0 amide bonds. The van der Waals surface area contributed by atoms with Crippen LogP contribution in [-0.4, -0.2) is 48.8 Å². The van der Waals surface area contributed by atoms with Gasteiger partial charge in [-0.3, -0.25) is 4.21 Å². The first-order valence-electron chi connectivity index (χ1n) is 12.2. The molecule has 2 aromatic rings. The Morgan fingerprint density at radius 2 is 1.94 bits per heavy atom. The molecule has 33 heavy (non-hydrogen) atoms. The van der Waals surface area contributed by atoms with Gasteiger partial charge in [-0.15, -0.1) is 0 Å². The van der Waals surface area contributed by atoms with Gasteiger partial charge in [-0.05, 0) is 74.5 Å². The molecule has 6 nitrogen and oxygen atoms in total. The first-order valence-corrected chi connectivity index (χ1v) is 13.8. The van der Waals surface area contributed by atoms with Crippen LogP contribution in [0.4, 0.5) is 11.8 Å². The first kappa shape index (κ1) is 20.7. The molecular weight excluding hydrogens is 456 g/mol. The molecule has 8 heteroatoms. The predicted molar refractivity (Wildman–Crippen MR) is 129 cm³/mol. The summed E-state index contributed by atoms with van der Waals surface area (Å²) in [4.78, 5) is 13.2. The SMILES string of the molecule is O=S1c2c(nc(N3CC4CC3CC4c3ccc(Cl)cc3)nc2NC2(CO)CCC2)CC12CC2. The molecule has 3 aliphatic carbocycles. The number of aliphatic hydroxyl groups excluding tert-OH is 1. The van der Waals surface area contributed by atoms with Crippen LogP contribution in [0, 0.1) is 5.92 Å². The molecule has 1 aromatic heterocycles. The number of halogens is 1. The Kier molecular flexibility index (Phi) is 4.48. The molecule has 2 aliphatic heterocycles. The maximum atomic E-state index is 13.4. The Balaban J connectivity index is 1.20. The fourth-order valence-corrected chi connectivity index (χ4v) is 8.50. The Bertz CT molecular complexity index is 1140. The predicted octanol–water partition coefficient (Wildman–Crippen LogP) is 4.04. The third kappa shape index (κ3) is 3.11. The Morgan fingerprint density at radius 1 is 1.15 bits per heavy atom. The van der Waals surface area contributed by atoms with Crippen molar-refractivity contribution in [1.29, 1.82) is 0 Å². The van der Waals surface area contributed by atoms with Crippen molar-refractivity contribution in [2.75, 3.05) is 23.4 Å². The Labute approximate surface area is 201 Å². The summed E-state index contributed by atoms with van der Waals surface area (Å²) in [5, 5.41) is 14.4. The van der Waals surface area contributed by atoms with Crippen molar-refractivity contribution in [3.63, 3.8) is 0 Å². The standard InChI is InChI=1S/C25H29ClN4O2S/c26-17-4-2-15(3-5-17)19-11-18-10-16(19)13-30(18)23-27-20-12-25(8-9-25)33(32)21(20)22(28-23)29-24(14-31)6-1-7-24/h2-5,16,18-19,31H,1,6-14H2,(H,27,28,29). The zero-order chi connectivity index (χ0) is 22.4. The fourth-order valence-electron chi connectivity index (χ4n) is 6.59. The summed E-state index contributed by atoms with van der Waals surface area (Å²) in [7, 11) is -1.07. The average molecular weight is 485 g/mol. The van der Waals surface area contributed by atoms with Crippen LogP contribution in [0.2, 0.25) is 5.02 Å². The van der Waals surface area contributed by atoms with Gasteiger partial charge in [0, 0.05) is 24.0 Å². The number of hydrogen-bond acceptors (Lipinski definition) is 6. The van der Waals surface area contributed by atoms with E-state index in [1.165, 1.54) is 5.56 Å². The highest BCUT2D eigenvalue weighted by atomic mass is 35.5. The van der Waals surface area contributed by atoms with E-state index in [1.807, 2.05) is 12.1 Å². The zero-order valence-electron chi connectivity index (χ0n) is 18.6. The minimum absolute atomic E-state index is 0.0794. The Hall–Kier alpha value is -1.70. The third-order valence-corrected chi connectivity index (χ3v) is 11.3. The highest BCUT2D eigenvalue weighted by Gasteiger charge is 2.56. The highest BCUT2D eigenvalue weighted by molar-refractivity contribution is 7.87. The molecule has 174 valence electrons. The van der Waals surface area contributed by atoms with Gasteiger partial charge in [0.05, 0.1) is 33.4 Å². The van der Waals surface area contributed by atoms with Gasteiger partial charge in [0.1, 0.15) is 10.7 Å². The van der Waals surface area contributed by atoms with Crippen molar-refractivity contribution in [1.82, 2.24) is 9.97 Å². The number of hydrogen-bond donors (Lipinski definition) is 2. The van der Waals surface area contributed by atoms with E-state index in [2.05, 4.69) is 22.3 Å². The number of aliphatic hydroxyl groups is 1.